The number of amides is 1. The molecule has 1 heterocycles. The molecule has 0 saturated heterocycles. The van der Waals surface area contributed by atoms with Crippen molar-refractivity contribution in [3.05, 3.63) is 11.1 Å². The minimum absolute atomic E-state index is 0. The van der Waals surface area contributed by atoms with Gasteiger partial charge in [-0.2, -0.15) is 0 Å². The van der Waals surface area contributed by atoms with Gasteiger partial charge in [-0.1, -0.05) is 0 Å². The number of aromatic nitrogens is 1. The second-order valence-corrected chi connectivity index (χ2v) is 4.76. The van der Waals surface area contributed by atoms with Crippen molar-refractivity contribution in [2.45, 2.75) is 24.8 Å². The lowest BCUT2D eigenvalue weighted by atomic mass is 10.3. The van der Waals surface area contributed by atoms with Gasteiger partial charge in [0.2, 0.25) is 5.91 Å². The summed E-state index contributed by atoms with van der Waals surface area (Å²) >= 11 is 1.44. The van der Waals surface area contributed by atoms with Crippen molar-refractivity contribution in [1.29, 1.82) is 0 Å². The van der Waals surface area contributed by atoms with Crippen molar-refractivity contribution in [2.24, 2.45) is 5.73 Å². The maximum atomic E-state index is 11.5. The highest BCUT2D eigenvalue weighted by atomic mass is 35.5. The third kappa shape index (κ3) is 3.92. The van der Waals surface area contributed by atoms with E-state index in [1.54, 1.807) is 0 Å². The average molecular weight is 278 g/mol. The lowest BCUT2D eigenvalue weighted by molar-refractivity contribution is -0.118. The van der Waals surface area contributed by atoms with Crippen molar-refractivity contribution >= 4 is 34.8 Å². The first-order valence-electron chi connectivity index (χ1n) is 5.21. The zero-order chi connectivity index (χ0) is 11.5. The topological polar surface area (TPSA) is 77.2 Å². The number of thiazole rings is 1. The van der Waals surface area contributed by atoms with Gasteiger partial charge in [0.15, 0.2) is 5.13 Å². The first kappa shape index (κ1) is 14.4. The van der Waals surface area contributed by atoms with E-state index in [4.69, 9.17) is 10.5 Å². The smallest absolute Gasteiger partial charge is 0.245 e. The van der Waals surface area contributed by atoms with Gasteiger partial charge in [0.25, 0.3) is 0 Å². The van der Waals surface area contributed by atoms with Gasteiger partial charge in [-0.05, 0) is 12.8 Å². The van der Waals surface area contributed by atoms with E-state index in [-0.39, 0.29) is 24.9 Å². The monoisotopic (exact) mass is 277 g/mol. The van der Waals surface area contributed by atoms with Crippen molar-refractivity contribution < 1.29 is 9.53 Å². The van der Waals surface area contributed by atoms with E-state index in [1.807, 2.05) is 5.38 Å². The molecule has 5 nitrogen and oxygen atoms in total. The zero-order valence-electron chi connectivity index (χ0n) is 9.51. The van der Waals surface area contributed by atoms with Crippen LogP contribution in [0.4, 0.5) is 5.13 Å². The third-order valence-corrected chi connectivity index (χ3v) is 3.21. The van der Waals surface area contributed by atoms with E-state index in [2.05, 4.69) is 10.3 Å². The summed E-state index contributed by atoms with van der Waals surface area (Å²) in [6, 6.07) is -0.640. The van der Waals surface area contributed by atoms with E-state index in [1.165, 1.54) is 31.3 Å². The molecule has 1 atom stereocenters. The number of halogens is 1. The van der Waals surface area contributed by atoms with Crippen LogP contribution in [0.1, 0.15) is 24.5 Å². The molecule has 1 aliphatic carbocycles. The van der Waals surface area contributed by atoms with Crippen LogP contribution in [-0.2, 0) is 9.53 Å². The number of nitrogens with one attached hydrogen (secondary N) is 1. The Kier molecular flexibility index (Phi) is 5.32. The second kappa shape index (κ2) is 6.30. The number of anilines is 1. The Morgan fingerprint density at radius 2 is 2.47 bits per heavy atom. The molecule has 1 aliphatic rings. The molecule has 1 fully saturated rings. The molecule has 2 rings (SSSR count). The number of nitrogens with two attached hydrogens (primary N) is 1. The number of hydrogen-bond acceptors (Lipinski definition) is 5. The molecule has 0 spiro atoms. The first-order valence-corrected chi connectivity index (χ1v) is 6.09. The maximum Gasteiger partial charge on any atom is 0.245 e. The Bertz CT molecular complexity index is 381. The number of carbonyl (C=O) groups is 1. The Balaban J connectivity index is 0.00000144. The van der Waals surface area contributed by atoms with Crippen molar-refractivity contribution in [1.82, 2.24) is 4.98 Å². The van der Waals surface area contributed by atoms with Crippen molar-refractivity contribution in [3.8, 4) is 0 Å². The molecule has 0 aliphatic heterocycles. The molecule has 0 bridgehead atoms. The summed E-state index contributed by atoms with van der Waals surface area (Å²) < 4.78 is 4.81. The third-order valence-electron chi connectivity index (χ3n) is 2.43. The number of methoxy groups -OCH3 is 1. The van der Waals surface area contributed by atoms with Crippen LogP contribution in [0.15, 0.2) is 5.38 Å². The molecule has 1 saturated carbocycles. The first-order chi connectivity index (χ1) is 7.70. The molecule has 1 unspecified atom stereocenters. The van der Waals surface area contributed by atoms with Crippen molar-refractivity contribution in [2.75, 3.05) is 19.0 Å². The fourth-order valence-electron chi connectivity index (χ4n) is 1.36. The van der Waals surface area contributed by atoms with E-state index in [0.29, 0.717) is 11.0 Å². The average Bonchev–Trinajstić information content (AvgIpc) is 3.01. The van der Waals surface area contributed by atoms with E-state index in [9.17, 15) is 4.79 Å². The number of nitrogens with zero attached hydrogens (tertiary/aromatic N) is 1. The fraction of sp³-hybridized carbons (Fsp3) is 0.600. The van der Waals surface area contributed by atoms with Gasteiger partial charge >= 0.3 is 0 Å². The van der Waals surface area contributed by atoms with Gasteiger partial charge in [-0.15, -0.1) is 23.7 Å². The van der Waals surface area contributed by atoms with Crippen LogP contribution in [0.25, 0.3) is 0 Å². The Labute approximate surface area is 110 Å². The lowest BCUT2D eigenvalue weighted by Crippen LogP contribution is -2.39. The minimum Gasteiger partial charge on any atom is -0.383 e. The van der Waals surface area contributed by atoms with Crippen LogP contribution < -0.4 is 11.1 Å². The number of carbonyl (C=O) groups excluding carboxylic acids is 1. The van der Waals surface area contributed by atoms with Gasteiger partial charge in [0.05, 0.1) is 12.3 Å². The Morgan fingerprint density at radius 3 is 3.06 bits per heavy atom. The van der Waals surface area contributed by atoms with Crippen LogP contribution in [0.5, 0.6) is 0 Å². The van der Waals surface area contributed by atoms with Crippen LogP contribution in [0, 0.1) is 0 Å². The van der Waals surface area contributed by atoms with E-state index >= 15 is 0 Å². The maximum absolute atomic E-state index is 11.5. The van der Waals surface area contributed by atoms with Gasteiger partial charge < -0.3 is 15.8 Å². The van der Waals surface area contributed by atoms with Gasteiger partial charge in [0, 0.05) is 18.4 Å². The highest BCUT2D eigenvalue weighted by molar-refractivity contribution is 7.13. The Morgan fingerprint density at radius 1 is 1.76 bits per heavy atom. The molecule has 0 aromatic carbocycles. The quantitative estimate of drug-likeness (QED) is 0.852. The normalized spacial score (nSPS) is 16.1. The summed E-state index contributed by atoms with van der Waals surface area (Å²) in [7, 11) is 1.52. The van der Waals surface area contributed by atoms with Gasteiger partial charge in [-0.25, -0.2) is 4.98 Å². The standard InChI is InChI=1S/C10H15N3O2S.ClH/c1-15-4-7(11)9(14)13-10-12-8(5-16-10)6-2-3-6;/h5-7H,2-4,11H2,1H3,(H,12,13,14);1H. The summed E-state index contributed by atoms with van der Waals surface area (Å²) in [6.45, 7) is 0.215. The number of hydrogen-bond donors (Lipinski definition) is 2. The summed E-state index contributed by atoms with van der Waals surface area (Å²) in [4.78, 5) is 15.9. The molecule has 96 valence electrons. The zero-order valence-corrected chi connectivity index (χ0v) is 11.1. The van der Waals surface area contributed by atoms with E-state index in [0.717, 1.165) is 5.69 Å². The largest absolute Gasteiger partial charge is 0.383 e. The summed E-state index contributed by atoms with van der Waals surface area (Å²) in [5.74, 6) is 0.355. The molecule has 3 N–H and O–H groups in total. The predicted octanol–water partition coefficient (Wildman–Crippen LogP) is 1.35. The van der Waals surface area contributed by atoms with Crippen LogP contribution in [0.2, 0.25) is 0 Å². The highest BCUT2D eigenvalue weighted by Gasteiger charge is 2.26. The van der Waals surface area contributed by atoms with Gasteiger partial charge in [0.1, 0.15) is 6.04 Å². The molecule has 1 aromatic rings. The lowest BCUT2D eigenvalue weighted by Gasteiger charge is -2.08. The number of ether oxygens (including phenoxy) is 1. The second-order valence-electron chi connectivity index (χ2n) is 3.90. The molecular formula is C10H16ClN3O2S. The molecule has 1 aromatic heterocycles. The van der Waals surface area contributed by atoms with Crippen molar-refractivity contribution in [3.63, 3.8) is 0 Å². The Hall–Kier alpha value is -0.690. The van der Waals surface area contributed by atoms with Crippen LogP contribution in [-0.4, -0.2) is 30.6 Å². The summed E-state index contributed by atoms with van der Waals surface area (Å²) in [6.07, 6.45) is 2.42. The molecule has 7 heteroatoms. The van der Waals surface area contributed by atoms with Crippen LogP contribution in [0.3, 0.4) is 0 Å². The number of rotatable bonds is 5. The summed E-state index contributed by atoms with van der Waals surface area (Å²) in [5, 5.41) is 5.31. The van der Waals surface area contributed by atoms with E-state index < -0.39 is 6.04 Å². The SMILES string of the molecule is COCC(N)C(=O)Nc1nc(C2CC2)cs1.Cl. The molecule has 1 amide bonds. The van der Waals surface area contributed by atoms with Gasteiger partial charge in [-0.3, -0.25) is 4.79 Å². The predicted molar refractivity (Wildman–Crippen MR) is 69.8 cm³/mol. The highest BCUT2D eigenvalue weighted by Crippen LogP contribution is 2.40. The fourth-order valence-corrected chi connectivity index (χ4v) is 2.16. The summed E-state index contributed by atoms with van der Waals surface area (Å²) in [5.41, 5.74) is 6.68. The molecular weight excluding hydrogens is 262 g/mol. The van der Waals surface area contributed by atoms with Crippen LogP contribution >= 0.6 is 23.7 Å². The minimum atomic E-state index is -0.640. The molecule has 17 heavy (non-hydrogen) atoms. The molecule has 0 radical (unpaired) electrons.